The first-order chi connectivity index (χ1) is 24.3. The quantitative estimate of drug-likeness (QED) is 0.282. The molecule has 6 aliphatic heterocycles. The Kier molecular flexibility index (Phi) is 5.57. The maximum absolute atomic E-state index is 15.6. The largest absolute Gasteiger partial charge is 0.482 e. The Morgan fingerprint density at radius 1 is 0.725 bits per heavy atom. The van der Waals surface area contributed by atoms with Crippen LogP contribution >= 0.6 is 0 Å². The minimum atomic E-state index is -1.43. The number of esters is 2. The summed E-state index contributed by atoms with van der Waals surface area (Å²) in [5.74, 6) is -1.06. The number of fused-ring (bicyclic) bond motifs is 4. The molecule has 0 amide bonds. The molecule has 51 heavy (non-hydrogen) atoms. The molecule has 0 aromatic heterocycles. The molecule has 0 unspecified atom stereocenters. The van der Waals surface area contributed by atoms with Crippen molar-refractivity contribution in [3.8, 4) is 0 Å². The van der Waals surface area contributed by atoms with E-state index in [1.807, 2.05) is 13.8 Å². The molecule has 11 nitrogen and oxygen atoms in total. The average Bonchev–Trinajstić information content (AvgIpc) is 3.87. The van der Waals surface area contributed by atoms with Crippen LogP contribution < -0.4 is 0 Å². The predicted molar refractivity (Wildman–Crippen MR) is 173 cm³/mol. The maximum atomic E-state index is 15.6. The molecule has 6 aliphatic carbocycles. The Bertz CT molecular complexity index is 1740. The molecule has 0 aromatic carbocycles. The standard InChI is InChI=1S/C40H50O11/c1-34(2)23(41)12-25-39(16-46-29(42)26(34)39)22-7-5-19-14-37(22,33(45)50-25)31(43)40(19)11-8-20-18-4-6-21-36(13-18,28(20)51-40)32(44)49-24-9-10-35(3)15-47-30-27(35)38(21,24)17-48-30/h18-19,21-27,29-30,41-42H,4-17H2,1-3H3/t18-,19-,21-,22-,23+,24+,25+,26-,27-,29-,30+,35+,36+,37+,38-,39-,40+/m1/s1. The molecular formula is C40H50O11. The number of carbonyl (C=O) groups is 3. The summed E-state index contributed by atoms with van der Waals surface area (Å²) in [5.41, 5.74) is -4.42. The highest BCUT2D eigenvalue weighted by Crippen LogP contribution is 2.77. The van der Waals surface area contributed by atoms with E-state index >= 15 is 4.79 Å². The zero-order valence-electron chi connectivity index (χ0n) is 29.8. The van der Waals surface area contributed by atoms with Gasteiger partial charge in [-0.3, -0.25) is 14.4 Å². The van der Waals surface area contributed by atoms with E-state index in [1.165, 1.54) is 5.57 Å². The first kappa shape index (κ1) is 31.3. The summed E-state index contributed by atoms with van der Waals surface area (Å²) in [6.07, 6.45) is 4.18. The van der Waals surface area contributed by atoms with Crippen LogP contribution in [-0.4, -0.2) is 84.2 Å². The number of allylic oxidation sites excluding steroid dienone is 1. The fourth-order valence-electron chi connectivity index (χ4n) is 16.5. The van der Waals surface area contributed by atoms with Crippen molar-refractivity contribution in [3.63, 3.8) is 0 Å². The van der Waals surface area contributed by atoms with Gasteiger partial charge in [0.2, 0.25) is 0 Å². The Balaban J connectivity index is 0.964. The third-order valence-electron chi connectivity index (χ3n) is 18.5. The maximum Gasteiger partial charge on any atom is 0.320 e. The summed E-state index contributed by atoms with van der Waals surface area (Å²) in [6.45, 7) is 7.55. The van der Waals surface area contributed by atoms with Crippen molar-refractivity contribution in [3.05, 3.63) is 11.3 Å². The van der Waals surface area contributed by atoms with Crippen LogP contribution in [0.1, 0.15) is 91.4 Å². The minimum Gasteiger partial charge on any atom is -0.482 e. The van der Waals surface area contributed by atoms with Gasteiger partial charge in [-0.1, -0.05) is 20.8 Å². The van der Waals surface area contributed by atoms with Crippen molar-refractivity contribution in [1.29, 1.82) is 0 Å². The van der Waals surface area contributed by atoms with Gasteiger partial charge in [0.15, 0.2) is 24.0 Å². The van der Waals surface area contributed by atoms with Crippen molar-refractivity contribution < 1.29 is 53.0 Å². The van der Waals surface area contributed by atoms with Gasteiger partial charge < -0.3 is 38.6 Å². The number of carbonyl (C=O) groups excluding carboxylic acids is 3. The lowest BCUT2D eigenvalue weighted by molar-refractivity contribution is -0.253. The molecule has 17 atom stereocenters. The van der Waals surface area contributed by atoms with Crippen molar-refractivity contribution in [2.45, 2.75) is 128 Å². The van der Waals surface area contributed by atoms with Crippen LogP contribution in [0.4, 0.5) is 0 Å². The number of aliphatic hydroxyl groups excluding tert-OH is 2. The Hall–Kier alpha value is -2.05. The van der Waals surface area contributed by atoms with Crippen molar-refractivity contribution in [1.82, 2.24) is 0 Å². The molecule has 6 heterocycles. The molecule has 12 rings (SSSR count). The summed E-state index contributed by atoms with van der Waals surface area (Å²) in [6, 6.07) is 0. The van der Waals surface area contributed by atoms with E-state index in [4.69, 9.17) is 28.4 Å². The van der Waals surface area contributed by atoms with E-state index in [9.17, 15) is 19.8 Å². The summed E-state index contributed by atoms with van der Waals surface area (Å²) >= 11 is 0. The molecule has 10 fully saturated rings. The number of Topliss-reactive ketones (excluding diaryl/α,β-unsaturated/α-hetero) is 1. The number of hydrogen-bond acceptors (Lipinski definition) is 11. The van der Waals surface area contributed by atoms with E-state index < -0.39 is 63.6 Å². The molecular weight excluding hydrogens is 656 g/mol. The average molecular weight is 707 g/mol. The SMILES string of the molecule is CC1(C)[C@H]2[C@H](O)OC[C@@]23[C@H](C[C@@H]1O)OC(=O)[C@@]12C[C@@H](CC[C@H]13)[C@@]1(CCC3=C(O1)[C@]14C[C@H]3CC[C@H]1[C@]13CO[C@@H]5OC[C@](C)(CC[C@@H]1OC4=O)[C@@H]53)C2=O. The number of rotatable bonds is 0. The van der Waals surface area contributed by atoms with Crippen LogP contribution in [0.25, 0.3) is 0 Å². The van der Waals surface area contributed by atoms with Crippen LogP contribution in [0.5, 0.6) is 0 Å². The number of ketones is 1. The molecule has 4 bridgehead atoms. The molecule has 276 valence electrons. The van der Waals surface area contributed by atoms with Crippen LogP contribution in [0, 0.1) is 68.0 Å². The summed E-state index contributed by atoms with van der Waals surface area (Å²) in [4.78, 5) is 44.8. The van der Waals surface area contributed by atoms with Crippen LogP contribution in [0.15, 0.2) is 11.3 Å². The third-order valence-corrected chi connectivity index (χ3v) is 18.5. The molecule has 5 spiro atoms. The fourth-order valence-corrected chi connectivity index (χ4v) is 16.5. The topological polar surface area (TPSA) is 147 Å². The summed E-state index contributed by atoms with van der Waals surface area (Å²) in [7, 11) is 0. The second kappa shape index (κ2) is 9.07. The summed E-state index contributed by atoms with van der Waals surface area (Å²) < 4.78 is 39.1. The fraction of sp³-hybridized carbons (Fsp3) is 0.875. The summed E-state index contributed by atoms with van der Waals surface area (Å²) in [5, 5.41) is 22.6. The van der Waals surface area contributed by atoms with Gasteiger partial charge in [0.1, 0.15) is 28.8 Å². The molecule has 11 heteroatoms. The highest BCUT2D eigenvalue weighted by Gasteiger charge is 2.84. The first-order valence-corrected chi connectivity index (χ1v) is 19.9. The highest BCUT2D eigenvalue weighted by molar-refractivity contribution is 6.11. The molecule has 5 saturated carbocycles. The molecule has 5 saturated heterocycles. The lowest BCUT2D eigenvalue weighted by Gasteiger charge is -2.62. The molecule has 2 N–H and O–H groups in total. The Morgan fingerprint density at radius 3 is 2.27 bits per heavy atom. The number of ether oxygens (including phenoxy) is 6. The van der Waals surface area contributed by atoms with E-state index in [-0.39, 0.29) is 71.7 Å². The van der Waals surface area contributed by atoms with Gasteiger partial charge in [-0.25, -0.2) is 0 Å². The predicted octanol–water partition coefficient (Wildman–Crippen LogP) is 3.57. The molecule has 0 aromatic rings. The minimum absolute atomic E-state index is 0.0404. The van der Waals surface area contributed by atoms with Crippen LogP contribution in [-0.2, 0) is 42.8 Å². The zero-order valence-corrected chi connectivity index (χ0v) is 29.8. The molecule has 12 aliphatic rings. The van der Waals surface area contributed by atoms with Crippen LogP contribution in [0.2, 0.25) is 0 Å². The van der Waals surface area contributed by atoms with E-state index in [2.05, 4.69) is 6.92 Å². The smallest absolute Gasteiger partial charge is 0.320 e. The van der Waals surface area contributed by atoms with Gasteiger partial charge in [0.05, 0.1) is 25.9 Å². The normalized spacial score (nSPS) is 60.6. The zero-order chi connectivity index (χ0) is 34.9. The highest BCUT2D eigenvalue weighted by atomic mass is 16.7. The number of hydrogen-bond donors (Lipinski definition) is 2. The Labute approximate surface area is 297 Å². The van der Waals surface area contributed by atoms with Gasteiger partial charge in [0, 0.05) is 35.0 Å². The van der Waals surface area contributed by atoms with Crippen molar-refractivity contribution in [2.24, 2.45) is 68.0 Å². The lowest BCUT2D eigenvalue weighted by atomic mass is 9.43. The first-order valence-electron chi connectivity index (χ1n) is 19.9. The van der Waals surface area contributed by atoms with Gasteiger partial charge in [-0.2, -0.15) is 0 Å². The Morgan fingerprint density at radius 2 is 1.43 bits per heavy atom. The van der Waals surface area contributed by atoms with E-state index in [1.54, 1.807) is 0 Å². The van der Waals surface area contributed by atoms with Gasteiger partial charge in [-0.15, -0.1) is 0 Å². The second-order valence-electron chi connectivity index (χ2n) is 20.1. The van der Waals surface area contributed by atoms with Gasteiger partial charge >= 0.3 is 11.9 Å². The van der Waals surface area contributed by atoms with E-state index in [0.29, 0.717) is 57.5 Å². The van der Waals surface area contributed by atoms with E-state index in [0.717, 1.165) is 25.7 Å². The third kappa shape index (κ3) is 3.02. The monoisotopic (exact) mass is 706 g/mol. The molecule has 0 radical (unpaired) electrons. The second-order valence-corrected chi connectivity index (χ2v) is 20.1. The van der Waals surface area contributed by atoms with Crippen molar-refractivity contribution in [2.75, 3.05) is 19.8 Å². The number of aliphatic hydroxyl groups is 2. The van der Waals surface area contributed by atoms with Gasteiger partial charge in [0.25, 0.3) is 0 Å². The van der Waals surface area contributed by atoms with Gasteiger partial charge in [-0.05, 0) is 98.4 Å². The van der Waals surface area contributed by atoms with Crippen LogP contribution in [0.3, 0.4) is 0 Å². The lowest BCUT2D eigenvalue weighted by Crippen LogP contribution is -2.70. The van der Waals surface area contributed by atoms with Crippen molar-refractivity contribution >= 4 is 17.7 Å².